The van der Waals surface area contributed by atoms with Gasteiger partial charge in [-0.3, -0.25) is 4.68 Å². The van der Waals surface area contributed by atoms with Gasteiger partial charge >= 0.3 is 0 Å². The predicted octanol–water partition coefficient (Wildman–Crippen LogP) is 3.40. The van der Waals surface area contributed by atoms with E-state index in [0.717, 1.165) is 25.7 Å². The molecule has 108 valence electrons. The lowest BCUT2D eigenvalue weighted by molar-refractivity contribution is 0.447. The summed E-state index contributed by atoms with van der Waals surface area (Å²) in [6.07, 6.45) is 9.47. The molecular weight excluding hydrogens is 234 g/mol. The molecule has 1 fully saturated rings. The van der Waals surface area contributed by atoms with Crippen LogP contribution in [0.15, 0.2) is 0 Å². The third kappa shape index (κ3) is 3.02. The Morgan fingerprint density at radius 1 is 1.21 bits per heavy atom. The van der Waals surface area contributed by atoms with Crippen molar-refractivity contribution < 1.29 is 0 Å². The fraction of sp³-hybridized carbons (Fsp3) is 0.812. The first kappa shape index (κ1) is 14.6. The second kappa shape index (κ2) is 6.56. The van der Waals surface area contributed by atoms with E-state index in [2.05, 4.69) is 25.5 Å². The highest BCUT2D eigenvalue weighted by Crippen LogP contribution is 2.32. The van der Waals surface area contributed by atoms with Gasteiger partial charge in [0.15, 0.2) is 0 Å². The van der Waals surface area contributed by atoms with Gasteiger partial charge in [0.1, 0.15) is 0 Å². The quantitative estimate of drug-likeness (QED) is 0.855. The Hall–Kier alpha value is -0.830. The van der Waals surface area contributed by atoms with Gasteiger partial charge in [-0.15, -0.1) is 0 Å². The molecule has 0 aliphatic heterocycles. The van der Waals surface area contributed by atoms with Crippen LogP contribution in [0.4, 0.5) is 0 Å². The molecule has 2 N–H and O–H groups in total. The Morgan fingerprint density at radius 3 is 2.42 bits per heavy atom. The van der Waals surface area contributed by atoms with Crippen LogP contribution in [0.3, 0.4) is 0 Å². The van der Waals surface area contributed by atoms with Gasteiger partial charge in [0.2, 0.25) is 0 Å². The van der Waals surface area contributed by atoms with Crippen LogP contribution in [0.1, 0.15) is 75.9 Å². The zero-order valence-electron chi connectivity index (χ0n) is 12.8. The summed E-state index contributed by atoms with van der Waals surface area (Å²) in [5.74, 6) is 0. The molecule has 0 aromatic carbocycles. The molecule has 1 atom stereocenters. The Bertz CT molecular complexity index is 402. The van der Waals surface area contributed by atoms with E-state index in [9.17, 15) is 0 Å². The normalized spacial score (nSPS) is 18.1. The smallest absolute Gasteiger partial charge is 0.0657 e. The summed E-state index contributed by atoms with van der Waals surface area (Å²) in [4.78, 5) is 0. The van der Waals surface area contributed by atoms with E-state index in [1.807, 2.05) is 0 Å². The summed E-state index contributed by atoms with van der Waals surface area (Å²) in [6, 6.07) is 0.920. The first-order valence-electron chi connectivity index (χ1n) is 8.05. The molecule has 1 saturated carbocycles. The van der Waals surface area contributed by atoms with Crippen molar-refractivity contribution in [2.24, 2.45) is 5.73 Å². The molecule has 0 radical (unpaired) electrons. The highest BCUT2D eigenvalue weighted by Gasteiger charge is 2.24. The van der Waals surface area contributed by atoms with Crippen LogP contribution >= 0.6 is 0 Å². The molecule has 1 unspecified atom stereocenters. The average molecular weight is 263 g/mol. The predicted molar refractivity (Wildman–Crippen MR) is 80.5 cm³/mol. The lowest BCUT2D eigenvalue weighted by Crippen LogP contribution is -2.22. The summed E-state index contributed by atoms with van der Waals surface area (Å²) in [5, 5.41) is 4.93. The molecule has 3 nitrogen and oxygen atoms in total. The van der Waals surface area contributed by atoms with Gasteiger partial charge in [-0.05, 0) is 44.1 Å². The van der Waals surface area contributed by atoms with Crippen molar-refractivity contribution in [2.75, 3.05) is 0 Å². The lowest BCUT2D eigenvalue weighted by atomic mass is 10.00. The van der Waals surface area contributed by atoms with Gasteiger partial charge < -0.3 is 5.73 Å². The minimum absolute atomic E-state index is 0.275. The van der Waals surface area contributed by atoms with Gasteiger partial charge in [-0.1, -0.05) is 33.6 Å². The van der Waals surface area contributed by atoms with E-state index < -0.39 is 0 Å². The Morgan fingerprint density at radius 2 is 1.89 bits per heavy atom. The van der Waals surface area contributed by atoms with Crippen LogP contribution in [-0.2, 0) is 19.3 Å². The van der Waals surface area contributed by atoms with E-state index >= 15 is 0 Å². The number of rotatable bonds is 6. The van der Waals surface area contributed by atoms with Crippen LogP contribution in [0.2, 0.25) is 0 Å². The zero-order chi connectivity index (χ0) is 13.8. The summed E-state index contributed by atoms with van der Waals surface area (Å²) in [6.45, 7) is 6.63. The minimum Gasteiger partial charge on any atom is -0.327 e. The van der Waals surface area contributed by atoms with Gasteiger partial charge in [0.25, 0.3) is 0 Å². The van der Waals surface area contributed by atoms with Crippen molar-refractivity contribution in [2.45, 2.75) is 84.2 Å². The molecule has 3 heteroatoms. The molecule has 1 aromatic rings. The molecule has 0 saturated heterocycles. The van der Waals surface area contributed by atoms with E-state index in [-0.39, 0.29) is 6.04 Å². The molecule has 1 aromatic heterocycles. The first-order chi connectivity index (χ1) is 9.21. The number of aromatic nitrogens is 2. The summed E-state index contributed by atoms with van der Waals surface area (Å²) in [5.41, 5.74) is 10.4. The topological polar surface area (TPSA) is 43.8 Å². The molecule has 1 aliphatic carbocycles. The molecule has 19 heavy (non-hydrogen) atoms. The van der Waals surface area contributed by atoms with Crippen LogP contribution in [-0.4, -0.2) is 15.8 Å². The first-order valence-corrected chi connectivity index (χ1v) is 8.05. The Labute approximate surface area is 117 Å². The number of nitrogens with zero attached hydrogens (tertiary/aromatic N) is 2. The highest BCUT2D eigenvalue weighted by atomic mass is 15.3. The van der Waals surface area contributed by atoms with Gasteiger partial charge in [-0.2, -0.15) is 5.10 Å². The number of nitrogens with two attached hydrogens (primary N) is 1. The second-order valence-corrected chi connectivity index (χ2v) is 5.83. The Kier molecular flexibility index (Phi) is 5.03. The van der Waals surface area contributed by atoms with Gasteiger partial charge in [-0.25, -0.2) is 0 Å². The number of hydrogen-bond donors (Lipinski definition) is 1. The van der Waals surface area contributed by atoms with Crippen molar-refractivity contribution in [3.8, 4) is 0 Å². The summed E-state index contributed by atoms with van der Waals surface area (Å²) >= 11 is 0. The second-order valence-electron chi connectivity index (χ2n) is 5.83. The monoisotopic (exact) mass is 263 g/mol. The van der Waals surface area contributed by atoms with E-state index in [1.165, 1.54) is 42.6 Å². The largest absolute Gasteiger partial charge is 0.327 e. The van der Waals surface area contributed by atoms with Crippen molar-refractivity contribution in [1.82, 2.24) is 9.78 Å². The van der Waals surface area contributed by atoms with E-state index in [1.54, 1.807) is 0 Å². The highest BCUT2D eigenvalue weighted by molar-refractivity contribution is 5.28. The maximum Gasteiger partial charge on any atom is 0.0657 e. The maximum absolute atomic E-state index is 6.18. The van der Waals surface area contributed by atoms with Gasteiger partial charge in [0, 0.05) is 11.7 Å². The third-order valence-corrected chi connectivity index (χ3v) is 4.53. The fourth-order valence-electron chi connectivity index (χ4n) is 3.31. The lowest BCUT2D eigenvalue weighted by Gasteiger charge is -2.15. The van der Waals surface area contributed by atoms with Crippen LogP contribution < -0.4 is 5.73 Å². The molecule has 0 spiro atoms. The molecule has 1 heterocycles. The number of hydrogen-bond acceptors (Lipinski definition) is 2. The number of aryl methyl sites for hydroxylation is 1. The molecule has 2 rings (SSSR count). The van der Waals surface area contributed by atoms with Crippen molar-refractivity contribution in [1.29, 1.82) is 0 Å². The Balaban J connectivity index is 2.33. The minimum atomic E-state index is 0.275. The molecule has 1 aliphatic rings. The van der Waals surface area contributed by atoms with Crippen molar-refractivity contribution >= 4 is 0 Å². The summed E-state index contributed by atoms with van der Waals surface area (Å²) < 4.78 is 2.35. The average Bonchev–Trinajstić information content (AvgIpc) is 3.05. The standard InChI is InChI=1S/C16H29N3/c1-4-12(17)11-14-15(5-2)18-19(16(14)6-3)13-9-7-8-10-13/h12-13H,4-11,17H2,1-3H3. The van der Waals surface area contributed by atoms with Crippen molar-refractivity contribution in [3.05, 3.63) is 17.0 Å². The van der Waals surface area contributed by atoms with Gasteiger partial charge in [0.05, 0.1) is 11.7 Å². The summed E-state index contributed by atoms with van der Waals surface area (Å²) in [7, 11) is 0. The SMILES string of the molecule is CCc1nn(C2CCCC2)c(CC)c1CC(N)CC. The zero-order valence-corrected chi connectivity index (χ0v) is 12.8. The molecular formula is C16H29N3. The molecule has 0 amide bonds. The maximum atomic E-state index is 6.18. The van der Waals surface area contributed by atoms with Crippen LogP contribution in [0, 0.1) is 0 Å². The van der Waals surface area contributed by atoms with E-state index in [4.69, 9.17) is 10.8 Å². The molecule has 0 bridgehead atoms. The fourth-order valence-corrected chi connectivity index (χ4v) is 3.31. The van der Waals surface area contributed by atoms with Crippen LogP contribution in [0.5, 0.6) is 0 Å². The van der Waals surface area contributed by atoms with E-state index in [0.29, 0.717) is 6.04 Å². The van der Waals surface area contributed by atoms with Crippen LogP contribution in [0.25, 0.3) is 0 Å². The third-order valence-electron chi connectivity index (χ3n) is 4.53. The van der Waals surface area contributed by atoms with Crippen molar-refractivity contribution in [3.63, 3.8) is 0 Å².